The van der Waals surface area contributed by atoms with E-state index in [9.17, 15) is 0 Å². The predicted octanol–water partition coefficient (Wildman–Crippen LogP) is 2.61. The Morgan fingerprint density at radius 3 is 2.36 bits per heavy atom. The molecular weight excluding hydrogens is 248 g/mol. The summed E-state index contributed by atoms with van der Waals surface area (Å²) in [6.07, 6.45) is 0. The van der Waals surface area contributed by atoms with Crippen LogP contribution in [0.3, 0.4) is 0 Å². The normalized spacial score (nSPS) is 10.0. The fourth-order valence-electron chi connectivity index (χ4n) is 1.27. The van der Waals surface area contributed by atoms with Crippen molar-refractivity contribution in [2.45, 2.75) is 6.61 Å². The van der Waals surface area contributed by atoms with Crippen molar-refractivity contribution < 1.29 is 14.2 Å². The summed E-state index contributed by atoms with van der Waals surface area (Å²) in [6.45, 7) is 0.499. The molecule has 0 aliphatic carbocycles. The SMILES string of the molecule is COCc1cc(Br)cc(OC)c1OC. The average molecular weight is 261 g/mol. The molecule has 4 heteroatoms. The van der Waals surface area contributed by atoms with E-state index in [-0.39, 0.29) is 0 Å². The van der Waals surface area contributed by atoms with E-state index in [0.29, 0.717) is 12.4 Å². The standard InChI is InChI=1S/C10H13BrO3/c1-12-6-7-4-8(11)5-9(13-2)10(7)14-3/h4-5H,6H2,1-3H3. The predicted molar refractivity (Wildman–Crippen MR) is 58.0 cm³/mol. The van der Waals surface area contributed by atoms with E-state index in [2.05, 4.69) is 15.9 Å². The second kappa shape index (κ2) is 5.22. The van der Waals surface area contributed by atoms with E-state index in [0.717, 1.165) is 15.8 Å². The zero-order valence-corrected chi connectivity index (χ0v) is 10.1. The molecule has 0 fully saturated rings. The van der Waals surface area contributed by atoms with Gasteiger partial charge >= 0.3 is 0 Å². The van der Waals surface area contributed by atoms with Gasteiger partial charge in [0.2, 0.25) is 0 Å². The van der Waals surface area contributed by atoms with Gasteiger partial charge in [-0.3, -0.25) is 0 Å². The van der Waals surface area contributed by atoms with Crippen LogP contribution in [0.4, 0.5) is 0 Å². The molecule has 0 aliphatic rings. The van der Waals surface area contributed by atoms with Crippen molar-refractivity contribution in [3.8, 4) is 11.5 Å². The molecule has 0 saturated heterocycles. The van der Waals surface area contributed by atoms with Crippen molar-refractivity contribution in [2.24, 2.45) is 0 Å². The van der Waals surface area contributed by atoms with Crippen molar-refractivity contribution >= 4 is 15.9 Å². The number of hydrogen-bond acceptors (Lipinski definition) is 3. The highest BCUT2D eigenvalue weighted by atomic mass is 79.9. The second-order valence-electron chi connectivity index (χ2n) is 2.73. The molecule has 0 bridgehead atoms. The smallest absolute Gasteiger partial charge is 0.166 e. The summed E-state index contributed by atoms with van der Waals surface area (Å²) in [4.78, 5) is 0. The molecule has 1 aromatic carbocycles. The molecule has 78 valence electrons. The minimum atomic E-state index is 0.499. The van der Waals surface area contributed by atoms with Gasteiger partial charge in [-0.15, -0.1) is 0 Å². The maximum Gasteiger partial charge on any atom is 0.166 e. The van der Waals surface area contributed by atoms with Gasteiger partial charge in [-0.25, -0.2) is 0 Å². The minimum Gasteiger partial charge on any atom is -0.493 e. The molecular formula is C10H13BrO3. The number of ether oxygens (including phenoxy) is 3. The van der Waals surface area contributed by atoms with Crippen LogP contribution in [0, 0.1) is 0 Å². The Labute approximate surface area is 92.1 Å². The lowest BCUT2D eigenvalue weighted by Crippen LogP contribution is -1.97. The first-order chi connectivity index (χ1) is 6.72. The van der Waals surface area contributed by atoms with Gasteiger partial charge in [0.05, 0.1) is 20.8 Å². The molecule has 0 saturated carbocycles. The van der Waals surface area contributed by atoms with E-state index in [4.69, 9.17) is 14.2 Å². The van der Waals surface area contributed by atoms with Gasteiger partial charge in [0.25, 0.3) is 0 Å². The van der Waals surface area contributed by atoms with E-state index < -0.39 is 0 Å². The lowest BCUT2D eigenvalue weighted by Gasteiger charge is -2.12. The number of halogens is 1. The van der Waals surface area contributed by atoms with Crippen LogP contribution in [0.5, 0.6) is 11.5 Å². The molecule has 0 heterocycles. The van der Waals surface area contributed by atoms with Crippen LogP contribution in [0.2, 0.25) is 0 Å². The van der Waals surface area contributed by atoms with E-state index in [1.165, 1.54) is 0 Å². The van der Waals surface area contributed by atoms with E-state index in [1.807, 2.05) is 12.1 Å². The Kier molecular flexibility index (Phi) is 4.22. The third-order valence-corrected chi connectivity index (χ3v) is 2.28. The summed E-state index contributed by atoms with van der Waals surface area (Å²) in [5.74, 6) is 1.42. The molecule has 0 atom stereocenters. The molecule has 0 unspecified atom stereocenters. The molecule has 1 rings (SSSR count). The molecule has 0 radical (unpaired) electrons. The van der Waals surface area contributed by atoms with Crippen LogP contribution in [0.1, 0.15) is 5.56 Å². The van der Waals surface area contributed by atoms with Crippen LogP contribution >= 0.6 is 15.9 Å². The highest BCUT2D eigenvalue weighted by Crippen LogP contribution is 2.34. The maximum atomic E-state index is 5.25. The summed E-state index contributed by atoms with van der Waals surface area (Å²) < 4.78 is 16.5. The Balaban J connectivity index is 3.17. The van der Waals surface area contributed by atoms with E-state index >= 15 is 0 Å². The van der Waals surface area contributed by atoms with Gasteiger partial charge in [-0.05, 0) is 12.1 Å². The zero-order chi connectivity index (χ0) is 10.6. The largest absolute Gasteiger partial charge is 0.493 e. The monoisotopic (exact) mass is 260 g/mol. The quantitative estimate of drug-likeness (QED) is 0.833. The van der Waals surface area contributed by atoms with Crippen LogP contribution in [-0.2, 0) is 11.3 Å². The highest BCUT2D eigenvalue weighted by Gasteiger charge is 2.10. The Morgan fingerprint density at radius 2 is 1.86 bits per heavy atom. The number of methoxy groups -OCH3 is 3. The fourth-order valence-corrected chi connectivity index (χ4v) is 1.75. The Bertz CT molecular complexity index is 312. The Hall–Kier alpha value is -0.740. The average Bonchev–Trinajstić information content (AvgIpc) is 2.17. The molecule has 0 aliphatic heterocycles. The molecule has 0 amide bonds. The minimum absolute atomic E-state index is 0.499. The van der Waals surface area contributed by atoms with Crippen molar-refractivity contribution in [1.29, 1.82) is 0 Å². The first kappa shape index (κ1) is 11.3. The number of benzene rings is 1. The molecule has 0 N–H and O–H groups in total. The van der Waals surface area contributed by atoms with Crippen LogP contribution in [-0.4, -0.2) is 21.3 Å². The maximum absolute atomic E-state index is 5.25. The van der Waals surface area contributed by atoms with Gasteiger partial charge in [-0.1, -0.05) is 15.9 Å². The molecule has 3 nitrogen and oxygen atoms in total. The Morgan fingerprint density at radius 1 is 1.14 bits per heavy atom. The third-order valence-electron chi connectivity index (χ3n) is 1.82. The summed E-state index contributed by atoms with van der Waals surface area (Å²) >= 11 is 3.40. The van der Waals surface area contributed by atoms with Gasteiger partial charge in [0.1, 0.15) is 0 Å². The van der Waals surface area contributed by atoms with Crippen LogP contribution < -0.4 is 9.47 Å². The lowest BCUT2D eigenvalue weighted by atomic mass is 10.2. The first-order valence-corrected chi connectivity index (χ1v) is 4.91. The summed E-state index contributed by atoms with van der Waals surface area (Å²) in [6, 6.07) is 3.81. The van der Waals surface area contributed by atoms with Gasteiger partial charge in [0, 0.05) is 17.1 Å². The molecule has 1 aromatic rings. The number of rotatable bonds is 4. The zero-order valence-electron chi connectivity index (χ0n) is 8.46. The van der Waals surface area contributed by atoms with Crippen molar-refractivity contribution in [3.63, 3.8) is 0 Å². The second-order valence-corrected chi connectivity index (χ2v) is 3.65. The fraction of sp³-hybridized carbons (Fsp3) is 0.400. The first-order valence-electron chi connectivity index (χ1n) is 4.12. The van der Waals surface area contributed by atoms with Crippen molar-refractivity contribution in [3.05, 3.63) is 22.2 Å². The van der Waals surface area contributed by atoms with Gasteiger partial charge in [-0.2, -0.15) is 0 Å². The molecule has 14 heavy (non-hydrogen) atoms. The van der Waals surface area contributed by atoms with Crippen LogP contribution in [0.25, 0.3) is 0 Å². The topological polar surface area (TPSA) is 27.7 Å². The summed E-state index contributed by atoms with van der Waals surface area (Å²) in [5, 5.41) is 0. The number of hydrogen-bond donors (Lipinski definition) is 0. The van der Waals surface area contributed by atoms with Crippen molar-refractivity contribution in [1.82, 2.24) is 0 Å². The summed E-state index contributed by atoms with van der Waals surface area (Å²) in [5.41, 5.74) is 0.959. The van der Waals surface area contributed by atoms with Crippen molar-refractivity contribution in [2.75, 3.05) is 21.3 Å². The van der Waals surface area contributed by atoms with Gasteiger partial charge in [0.15, 0.2) is 11.5 Å². The highest BCUT2D eigenvalue weighted by molar-refractivity contribution is 9.10. The van der Waals surface area contributed by atoms with E-state index in [1.54, 1.807) is 21.3 Å². The lowest BCUT2D eigenvalue weighted by molar-refractivity contribution is 0.180. The molecule has 0 aromatic heterocycles. The molecule has 0 spiro atoms. The van der Waals surface area contributed by atoms with Gasteiger partial charge < -0.3 is 14.2 Å². The van der Waals surface area contributed by atoms with Crippen LogP contribution in [0.15, 0.2) is 16.6 Å². The third kappa shape index (κ3) is 2.39. The summed E-state index contributed by atoms with van der Waals surface area (Å²) in [7, 11) is 4.87.